The van der Waals surface area contributed by atoms with E-state index in [0.29, 0.717) is 0 Å². The number of hydrogen-bond donors (Lipinski definition) is 7. The molecule has 21 heavy (non-hydrogen) atoms. The molecule has 1 aliphatic rings. The van der Waals surface area contributed by atoms with E-state index in [0.717, 1.165) is 0 Å². The van der Waals surface area contributed by atoms with Crippen LogP contribution in [0.4, 0.5) is 0 Å². The van der Waals surface area contributed by atoms with Crippen LogP contribution < -0.4 is 0 Å². The molecule has 0 radical (unpaired) electrons. The molecule has 0 aromatic rings. The highest BCUT2D eigenvalue weighted by atomic mass is 16.7. The Kier molecular flexibility index (Phi) is 7.06. The van der Waals surface area contributed by atoms with Gasteiger partial charge in [0.25, 0.3) is 0 Å². The van der Waals surface area contributed by atoms with Crippen molar-refractivity contribution in [1.29, 1.82) is 0 Å². The Morgan fingerprint density at radius 3 is 2.19 bits per heavy atom. The van der Waals surface area contributed by atoms with Gasteiger partial charge in [-0.2, -0.15) is 0 Å². The maximum Gasteiger partial charge on any atom is 0.187 e. The minimum atomic E-state index is -1.79. The molecule has 7 N–H and O–H groups in total. The van der Waals surface area contributed by atoms with Crippen molar-refractivity contribution in [2.24, 2.45) is 0 Å². The van der Waals surface area contributed by atoms with Crippen LogP contribution >= 0.6 is 0 Å². The topological polar surface area (TPSA) is 177 Å². The zero-order valence-corrected chi connectivity index (χ0v) is 11.0. The van der Waals surface area contributed by atoms with Gasteiger partial charge < -0.3 is 50.0 Å². The van der Waals surface area contributed by atoms with Crippen LogP contribution in [0.1, 0.15) is 0 Å². The average Bonchev–Trinajstić information content (AvgIpc) is 2.50. The maximum absolute atomic E-state index is 10.9. The molecule has 0 aromatic heterocycles. The predicted molar refractivity (Wildman–Crippen MR) is 63.8 cm³/mol. The van der Waals surface area contributed by atoms with Gasteiger partial charge in [-0.1, -0.05) is 0 Å². The number of ether oxygens (including phenoxy) is 2. The third kappa shape index (κ3) is 4.16. The second-order valence-electron chi connectivity index (χ2n) is 4.67. The lowest BCUT2D eigenvalue weighted by atomic mass is 9.99. The molecule has 0 saturated carbocycles. The van der Waals surface area contributed by atoms with Crippen molar-refractivity contribution in [3.05, 3.63) is 0 Å². The Morgan fingerprint density at radius 2 is 1.71 bits per heavy atom. The van der Waals surface area contributed by atoms with Crippen LogP contribution in [0, 0.1) is 0 Å². The standard InChI is InChI=1S/C11H20O10/c12-1-4(15)7(16)5(2-13)20-11-10(19)9(18)8(17)6(3-14)21-11/h2,4-12,14-19H,1,3H2/t4-,5-,6+,7-,8+,9-,10+,11+/m0/s1. The summed E-state index contributed by atoms with van der Waals surface area (Å²) >= 11 is 0. The second-order valence-corrected chi connectivity index (χ2v) is 4.67. The first kappa shape index (κ1) is 18.4. The first-order chi connectivity index (χ1) is 9.87. The molecule has 1 saturated heterocycles. The predicted octanol–water partition coefficient (Wildman–Crippen LogP) is -4.92. The summed E-state index contributed by atoms with van der Waals surface area (Å²) in [4.78, 5) is 10.9. The first-order valence-electron chi connectivity index (χ1n) is 6.25. The van der Waals surface area contributed by atoms with Crippen LogP contribution in [-0.4, -0.2) is 104 Å². The van der Waals surface area contributed by atoms with E-state index in [4.69, 9.17) is 19.7 Å². The summed E-state index contributed by atoms with van der Waals surface area (Å²) in [5.74, 6) is 0. The van der Waals surface area contributed by atoms with Crippen molar-refractivity contribution < 1.29 is 50.0 Å². The zero-order chi connectivity index (χ0) is 16.2. The first-order valence-corrected chi connectivity index (χ1v) is 6.25. The number of rotatable bonds is 7. The van der Waals surface area contributed by atoms with Gasteiger partial charge in [-0.3, -0.25) is 0 Å². The molecule has 0 aliphatic carbocycles. The monoisotopic (exact) mass is 312 g/mol. The molecule has 1 rings (SSSR count). The molecule has 1 aliphatic heterocycles. The van der Waals surface area contributed by atoms with Gasteiger partial charge in [-0.25, -0.2) is 0 Å². The molecule has 0 unspecified atom stereocenters. The fourth-order valence-corrected chi connectivity index (χ4v) is 1.85. The molecule has 0 spiro atoms. The number of aliphatic hydroxyl groups excluding tert-OH is 7. The summed E-state index contributed by atoms with van der Waals surface area (Å²) in [5.41, 5.74) is 0. The van der Waals surface area contributed by atoms with E-state index in [-0.39, 0.29) is 6.29 Å². The molecule has 10 nitrogen and oxygen atoms in total. The van der Waals surface area contributed by atoms with E-state index in [1.54, 1.807) is 0 Å². The fourth-order valence-electron chi connectivity index (χ4n) is 1.85. The average molecular weight is 312 g/mol. The Hall–Kier alpha value is -0.690. The van der Waals surface area contributed by atoms with Crippen LogP contribution in [0.3, 0.4) is 0 Å². The number of aliphatic hydroxyl groups is 7. The number of aldehydes is 1. The molecular weight excluding hydrogens is 292 g/mol. The van der Waals surface area contributed by atoms with Crippen LogP contribution in [0.2, 0.25) is 0 Å². The third-order valence-corrected chi connectivity index (χ3v) is 3.19. The van der Waals surface area contributed by atoms with Crippen LogP contribution in [0.5, 0.6) is 0 Å². The van der Waals surface area contributed by atoms with Gasteiger partial charge in [0.2, 0.25) is 0 Å². The zero-order valence-electron chi connectivity index (χ0n) is 11.0. The van der Waals surface area contributed by atoms with E-state index in [9.17, 15) is 30.3 Å². The molecule has 8 atom stereocenters. The lowest BCUT2D eigenvalue weighted by molar-refractivity contribution is -0.314. The molecule has 10 heteroatoms. The van der Waals surface area contributed by atoms with Gasteiger partial charge in [0.1, 0.15) is 42.7 Å². The summed E-state index contributed by atoms with van der Waals surface area (Å²) in [5, 5.41) is 65.3. The lowest BCUT2D eigenvalue weighted by Crippen LogP contribution is -2.60. The van der Waals surface area contributed by atoms with Gasteiger partial charge in [0, 0.05) is 0 Å². The smallest absolute Gasteiger partial charge is 0.187 e. The fraction of sp³-hybridized carbons (Fsp3) is 0.909. The number of hydrogen-bond acceptors (Lipinski definition) is 10. The van der Waals surface area contributed by atoms with Gasteiger partial charge in [0.15, 0.2) is 12.6 Å². The molecule has 0 bridgehead atoms. The van der Waals surface area contributed by atoms with Crippen LogP contribution in [0.15, 0.2) is 0 Å². The van der Waals surface area contributed by atoms with Gasteiger partial charge in [0.05, 0.1) is 13.2 Å². The Bertz CT molecular complexity index is 324. The van der Waals surface area contributed by atoms with Gasteiger partial charge in [-0.15, -0.1) is 0 Å². The van der Waals surface area contributed by atoms with Crippen molar-refractivity contribution in [1.82, 2.24) is 0 Å². The van der Waals surface area contributed by atoms with Crippen molar-refractivity contribution in [2.75, 3.05) is 13.2 Å². The summed E-state index contributed by atoms with van der Waals surface area (Å²) in [6, 6.07) is 0. The van der Waals surface area contributed by atoms with Crippen LogP contribution in [0.25, 0.3) is 0 Å². The highest BCUT2D eigenvalue weighted by Crippen LogP contribution is 2.23. The number of carbonyl (C=O) groups is 1. The highest BCUT2D eigenvalue weighted by Gasteiger charge is 2.45. The molecular formula is C11H20O10. The van der Waals surface area contributed by atoms with E-state index < -0.39 is 62.2 Å². The summed E-state index contributed by atoms with van der Waals surface area (Å²) in [7, 11) is 0. The third-order valence-electron chi connectivity index (χ3n) is 3.19. The quantitative estimate of drug-likeness (QED) is 0.225. The SMILES string of the molecule is O=C[C@H](O[C@@H]1O[C@H](CO)[C@@H](O)[C@H](O)[C@H]1O)[C@@H](O)[C@@H](O)CO. The Balaban J connectivity index is 2.76. The molecule has 0 aromatic carbocycles. The van der Waals surface area contributed by atoms with Crippen molar-refractivity contribution in [3.8, 4) is 0 Å². The maximum atomic E-state index is 10.9. The number of carbonyl (C=O) groups excluding carboxylic acids is 1. The summed E-state index contributed by atoms with van der Waals surface area (Å²) in [6.45, 7) is -1.51. The van der Waals surface area contributed by atoms with E-state index in [2.05, 4.69) is 0 Å². The summed E-state index contributed by atoms with van der Waals surface area (Å²) < 4.78 is 9.92. The molecule has 1 fully saturated rings. The van der Waals surface area contributed by atoms with Crippen molar-refractivity contribution >= 4 is 6.29 Å². The van der Waals surface area contributed by atoms with E-state index in [1.807, 2.05) is 0 Å². The Labute approximate surface area is 119 Å². The van der Waals surface area contributed by atoms with E-state index >= 15 is 0 Å². The molecule has 1 heterocycles. The molecule has 0 amide bonds. The minimum absolute atomic E-state index is 0.116. The lowest BCUT2D eigenvalue weighted by Gasteiger charge is -2.40. The van der Waals surface area contributed by atoms with Crippen LogP contribution in [-0.2, 0) is 14.3 Å². The van der Waals surface area contributed by atoms with Crippen molar-refractivity contribution in [3.63, 3.8) is 0 Å². The van der Waals surface area contributed by atoms with Gasteiger partial charge >= 0.3 is 0 Å². The normalized spacial score (nSPS) is 37.8. The highest BCUT2D eigenvalue weighted by molar-refractivity contribution is 5.57. The second kappa shape index (κ2) is 8.08. The minimum Gasteiger partial charge on any atom is -0.394 e. The summed E-state index contributed by atoms with van der Waals surface area (Å²) in [6.07, 6.45) is -12.9. The van der Waals surface area contributed by atoms with E-state index in [1.165, 1.54) is 0 Å². The Morgan fingerprint density at radius 1 is 1.10 bits per heavy atom. The largest absolute Gasteiger partial charge is 0.394 e. The van der Waals surface area contributed by atoms with Gasteiger partial charge in [-0.05, 0) is 0 Å². The molecule has 124 valence electrons. The van der Waals surface area contributed by atoms with Crippen molar-refractivity contribution in [2.45, 2.75) is 49.0 Å².